The molecule has 158 valence electrons. The first kappa shape index (κ1) is 20.6. The van der Waals surface area contributed by atoms with Crippen LogP contribution in [0.5, 0.6) is 0 Å². The molecule has 0 aliphatic carbocycles. The van der Waals surface area contributed by atoms with Crippen molar-refractivity contribution in [2.75, 3.05) is 31.6 Å². The summed E-state index contributed by atoms with van der Waals surface area (Å²) in [5.41, 5.74) is 3.31. The predicted octanol–water partition coefficient (Wildman–Crippen LogP) is 2.59. The maximum atomic E-state index is 12.3. The van der Waals surface area contributed by atoms with Crippen molar-refractivity contribution in [1.82, 2.24) is 10.2 Å². The fourth-order valence-corrected chi connectivity index (χ4v) is 4.16. The van der Waals surface area contributed by atoms with Crippen LogP contribution in [0.3, 0.4) is 0 Å². The molecule has 2 N–H and O–H groups in total. The highest BCUT2D eigenvalue weighted by Crippen LogP contribution is 2.27. The maximum Gasteiger partial charge on any atom is 0.227 e. The molecule has 6 nitrogen and oxygen atoms in total. The number of nitrogens with one attached hydrogen (secondary N) is 2. The Morgan fingerprint density at radius 1 is 1.13 bits per heavy atom. The van der Waals surface area contributed by atoms with E-state index in [-0.39, 0.29) is 23.8 Å². The molecular formula is C24H29N3O3. The van der Waals surface area contributed by atoms with E-state index in [1.54, 1.807) is 0 Å². The highest BCUT2D eigenvalue weighted by Gasteiger charge is 2.26. The lowest BCUT2D eigenvalue weighted by molar-refractivity contribution is -0.123. The summed E-state index contributed by atoms with van der Waals surface area (Å²) in [7, 11) is 0. The van der Waals surface area contributed by atoms with Crippen molar-refractivity contribution in [2.45, 2.75) is 31.9 Å². The minimum Gasteiger partial charge on any atom is -0.374 e. The van der Waals surface area contributed by atoms with Crippen molar-refractivity contribution in [3.8, 4) is 0 Å². The van der Waals surface area contributed by atoms with Crippen LogP contribution in [0.1, 0.15) is 24.0 Å². The van der Waals surface area contributed by atoms with E-state index >= 15 is 0 Å². The number of carbonyl (C=O) groups is 2. The van der Waals surface area contributed by atoms with Gasteiger partial charge in [0.25, 0.3) is 0 Å². The second kappa shape index (κ2) is 9.87. The molecule has 30 heavy (non-hydrogen) atoms. The smallest absolute Gasteiger partial charge is 0.227 e. The number of para-hydroxylation sites is 1. The van der Waals surface area contributed by atoms with Crippen molar-refractivity contribution in [2.24, 2.45) is 5.92 Å². The summed E-state index contributed by atoms with van der Waals surface area (Å²) in [5, 5.41) is 5.93. The second-order valence-electron chi connectivity index (χ2n) is 8.10. The van der Waals surface area contributed by atoms with Gasteiger partial charge in [-0.3, -0.25) is 14.5 Å². The zero-order valence-corrected chi connectivity index (χ0v) is 17.2. The van der Waals surface area contributed by atoms with Crippen molar-refractivity contribution in [3.63, 3.8) is 0 Å². The number of fused-ring (bicyclic) bond motifs is 1. The molecule has 4 rings (SSSR count). The quantitative estimate of drug-likeness (QED) is 0.740. The normalized spacial score (nSPS) is 21.5. The van der Waals surface area contributed by atoms with Gasteiger partial charge in [-0.2, -0.15) is 0 Å². The Kier molecular flexibility index (Phi) is 6.77. The van der Waals surface area contributed by atoms with Gasteiger partial charge in [0.05, 0.1) is 12.7 Å². The first-order valence-corrected chi connectivity index (χ1v) is 10.7. The Morgan fingerprint density at radius 2 is 1.93 bits per heavy atom. The Morgan fingerprint density at radius 3 is 2.80 bits per heavy atom. The number of morpholine rings is 1. The van der Waals surface area contributed by atoms with Gasteiger partial charge in [0.15, 0.2) is 0 Å². The molecule has 2 unspecified atom stereocenters. The van der Waals surface area contributed by atoms with E-state index in [1.165, 1.54) is 5.56 Å². The van der Waals surface area contributed by atoms with E-state index < -0.39 is 0 Å². The van der Waals surface area contributed by atoms with Gasteiger partial charge in [-0.05, 0) is 30.0 Å². The Balaban J connectivity index is 1.19. The minimum absolute atomic E-state index is 0.00346. The van der Waals surface area contributed by atoms with Gasteiger partial charge >= 0.3 is 0 Å². The van der Waals surface area contributed by atoms with E-state index in [9.17, 15) is 9.59 Å². The number of ether oxygens (including phenoxy) is 1. The highest BCUT2D eigenvalue weighted by atomic mass is 16.5. The van der Waals surface area contributed by atoms with E-state index in [0.29, 0.717) is 32.4 Å². The van der Waals surface area contributed by atoms with Crippen LogP contribution in [-0.4, -0.2) is 49.1 Å². The SMILES string of the molecule is O=C(CCC1Cc2ccccc2NC1=O)NCC1CN(Cc2ccccc2)CCO1. The standard InChI is InChI=1S/C24H29N3O3/c28-23(11-10-20-14-19-8-4-5-9-22(19)26-24(20)29)25-15-21-17-27(12-13-30-21)16-18-6-2-1-3-7-18/h1-9,20-21H,10-17H2,(H,25,28)(H,26,29). The summed E-state index contributed by atoms with van der Waals surface area (Å²) in [6.07, 6.45) is 1.59. The van der Waals surface area contributed by atoms with Crippen molar-refractivity contribution >= 4 is 17.5 Å². The zero-order valence-electron chi connectivity index (χ0n) is 17.2. The Labute approximate surface area is 177 Å². The molecule has 0 radical (unpaired) electrons. The Bertz CT molecular complexity index is 871. The third kappa shape index (κ3) is 5.46. The number of hydrogen-bond acceptors (Lipinski definition) is 4. The van der Waals surface area contributed by atoms with Gasteiger partial charge in [-0.1, -0.05) is 48.5 Å². The van der Waals surface area contributed by atoms with E-state index in [0.717, 1.165) is 30.9 Å². The molecule has 0 spiro atoms. The minimum atomic E-state index is -0.155. The third-order valence-corrected chi connectivity index (χ3v) is 5.83. The molecule has 0 saturated carbocycles. The summed E-state index contributed by atoms with van der Waals surface area (Å²) >= 11 is 0. The lowest BCUT2D eigenvalue weighted by Crippen LogP contribution is -2.47. The average Bonchev–Trinajstić information content (AvgIpc) is 2.77. The molecule has 6 heteroatoms. The van der Waals surface area contributed by atoms with E-state index in [1.807, 2.05) is 30.3 Å². The van der Waals surface area contributed by atoms with E-state index in [2.05, 4.69) is 39.8 Å². The van der Waals surface area contributed by atoms with Crippen LogP contribution < -0.4 is 10.6 Å². The number of benzene rings is 2. The van der Waals surface area contributed by atoms with Crippen LogP contribution in [-0.2, 0) is 27.3 Å². The molecule has 1 saturated heterocycles. The number of amides is 2. The zero-order chi connectivity index (χ0) is 20.8. The molecule has 2 aliphatic rings. The molecule has 2 aromatic carbocycles. The number of nitrogens with zero attached hydrogens (tertiary/aromatic N) is 1. The van der Waals surface area contributed by atoms with Crippen LogP contribution in [0, 0.1) is 5.92 Å². The molecule has 0 bridgehead atoms. The van der Waals surface area contributed by atoms with Crippen LogP contribution in [0.25, 0.3) is 0 Å². The average molecular weight is 408 g/mol. The molecule has 1 fully saturated rings. The van der Waals surface area contributed by atoms with Gasteiger partial charge in [0.1, 0.15) is 0 Å². The second-order valence-corrected chi connectivity index (χ2v) is 8.10. The van der Waals surface area contributed by atoms with Crippen LogP contribution >= 0.6 is 0 Å². The van der Waals surface area contributed by atoms with Crippen LogP contribution in [0.4, 0.5) is 5.69 Å². The summed E-state index contributed by atoms with van der Waals surface area (Å²) in [6.45, 7) is 3.78. The summed E-state index contributed by atoms with van der Waals surface area (Å²) in [5.74, 6) is -0.169. The van der Waals surface area contributed by atoms with Gasteiger partial charge in [0, 0.05) is 44.2 Å². The van der Waals surface area contributed by atoms with E-state index in [4.69, 9.17) is 4.74 Å². The summed E-state index contributed by atoms with van der Waals surface area (Å²) in [6, 6.07) is 18.2. The van der Waals surface area contributed by atoms with Crippen LogP contribution in [0.2, 0.25) is 0 Å². The molecule has 0 aromatic heterocycles. The Hall–Kier alpha value is -2.70. The van der Waals surface area contributed by atoms with Crippen molar-refractivity contribution in [1.29, 1.82) is 0 Å². The molecular weight excluding hydrogens is 378 g/mol. The maximum absolute atomic E-state index is 12.3. The molecule has 2 amide bonds. The van der Waals surface area contributed by atoms with Gasteiger partial charge in [0.2, 0.25) is 11.8 Å². The molecule has 2 aromatic rings. The van der Waals surface area contributed by atoms with Gasteiger partial charge < -0.3 is 15.4 Å². The van der Waals surface area contributed by atoms with Crippen molar-refractivity contribution < 1.29 is 14.3 Å². The number of rotatable bonds is 7. The largest absolute Gasteiger partial charge is 0.374 e. The lowest BCUT2D eigenvalue weighted by Gasteiger charge is -2.33. The summed E-state index contributed by atoms with van der Waals surface area (Å²) in [4.78, 5) is 27.0. The molecule has 2 heterocycles. The highest BCUT2D eigenvalue weighted by molar-refractivity contribution is 5.96. The third-order valence-electron chi connectivity index (χ3n) is 5.83. The predicted molar refractivity (Wildman–Crippen MR) is 116 cm³/mol. The fourth-order valence-electron chi connectivity index (χ4n) is 4.16. The number of hydrogen-bond donors (Lipinski definition) is 2. The monoisotopic (exact) mass is 407 g/mol. The lowest BCUT2D eigenvalue weighted by atomic mass is 9.89. The van der Waals surface area contributed by atoms with Gasteiger partial charge in [-0.15, -0.1) is 0 Å². The number of carbonyl (C=O) groups excluding carboxylic acids is 2. The first-order valence-electron chi connectivity index (χ1n) is 10.7. The topological polar surface area (TPSA) is 70.7 Å². The fraction of sp³-hybridized carbons (Fsp3) is 0.417. The molecule has 2 atom stereocenters. The van der Waals surface area contributed by atoms with Crippen molar-refractivity contribution in [3.05, 3.63) is 65.7 Å². The molecule has 2 aliphatic heterocycles. The summed E-state index contributed by atoms with van der Waals surface area (Å²) < 4.78 is 5.83. The van der Waals surface area contributed by atoms with Crippen LogP contribution in [0.15, 0.2) is 54.6 Å². The number of anilines is 1. The van der Waals surface area contributed by atoms with Gasteiger partial charge in [-0.25, -0.2) is 0 Å². The first-order chi connectivity index (χ1) is 14.7.